The van der Waals surface area contributed by atoms with E-state index in [-0.39, 0.29) is 17.9 Å². The van der Waals surface area contributed by atoms with Crippen molar-refractivity contribution in [1.82, 2.24) is 10.6 Å². The maximum atomic E-state index is 12.1. The molecule has 1 fully saturated rings. The Bertz CT molecular complexity index is 417. The van der Waals surface area contributed by atoms with E-state index in [9.17, 15) is 4.79 Å². The lowest BCUT2D eigenvalue weighted by atomic mass is 10.0. The summed E-state index contributed by atoms with van der Waals surface area (Å²) < 4.78 is 10.8. The van der Waals surface area contributed by atoms with E-state index < -0.39 is 0 Å². The summed E-state index contributed by atoms with van der Waals surface area (Å²) in [5.41, 5.74) is 0. The van der Waals surface area contributed by atoms with Crippen LogP contribution in [0.5, 0.6) is 0 Å². The molecule has 1 saturated heterocycles. The molecule has 1 aromatic heterocycles. The van der Waals surface area contributed by atoms with Gasteiger partial charge in [0.2, 0.25) is 5.91 Å². The molecule has 0 aliphatic carbocycles. The van der Waals surface area contributed by atoms with Crippen molar-refractivity contribution >= 4 is 5.91 Å². The van der Waals surface area contributed by atoms with Crippen LogP contribution in [-0.2, 0) is 16.1 Å². The predicted molar refractivity (Wildman–Crippen MR) is 71.7 cm³/mol. The molecule has 1 amide bonds. The molecule has 1 aliphatic rings. The molecule has 2 unspecified atom stereocenters. The summed E-state index contributed by atoms with van der Waals surface area (Å²) in [6.07, 6.45) is 1.05. The third kappa shape index (κ3) is 3.81. The van der Waals surface area contributed by atoms with Crippen molar-refractivity contribution in [2.24, 2.45) is 5.92 Å². The molecule has 2 atom stereocenters. The molecule has 0 aromatic carbocycles. The average Bonchev–Trinajstić information content (AvgIpc) is 3.02. The van der Waals surface area contributed by atoms with Gasteiger partial charge in [0.1, 0.15) is 11.5 Å². The Kier molecular flexibility index (Phi) is 4.99. The van der Waals surface area contributed by atoms with Gasteiger partial charge in [0.05, 0.1) is 25.7 Å². The zero-order valence-electron chi connectivity index (χ0n) is 11.6. The van der Waals surface area contributed by atoms with Crippen molar-refractivity contribution in [3.63, 3.8) is 0 Å². The van der Waals surface area contributed by atoms with Crippen LogP contribution in [0.4, 0.5) is 0 Å². The number of aryl methyl sites for hydroxylation is 1. The number of furan rings is 1. The van der Waals surface area contributed by atoms with Crippen LogP contribution in [0.15, 0.2) is 16.5 Å². The Morgan fingerprint density at radius 2 is 2.26 bits per heavy atom. The fourth-order valence-electron chi connectivity index (χ4n) is 2.23. The minimum absolute atomic E-state index is 0.0279. The standard InChI is InChI=1S/C14H22N2O3/c1-3-6-15-13-9-18-8-12(13)14(17)16-7-11-5-4-10(2)19-11/h4-5,12-13,15H,3,6-9H2,1-2H3,(H,16,17). The molecule has 0 saturated carbocycles. The third-order valence-electron chi connectivity index (χ3n) is 3.31. The Morgan fingerprint density at radius 1 is 1.42 bits per heavy atom. The molecule has 2 heterocycles. The van der Waals surface area contributed by atoms with Gasteiger partial charge in [0, 0.05) is 6.04 Å². The first kappa shape index (κ1) is 14.1. The van der Waals surface area contributed by atoms with Crippen LogP contribution in [0, 0.1) is 12.8 Å². The number of ether oxygens (including phenoxy) is 1. The van der Waals surface area contributed by atoms with Crippen LogP contribution in [-0.4, -0.2) is 31.7 Å². The summed E-state index contributed by atoms with van der Waals surface area (Å²) in [5.74, 6) is 1.56. The molecule has 0 radical (unpaired) electrons. The number of hydrogen-bond donors (Lipinski definition) is 2. The Hall–Kier alpha value is -1.33. The quantitative estimate of drug-likeness (QED) is 0.812. The highest BCUT2D eigenvalue weighted by atomic mass is 16.5. The van der Waals surface area contributed by atoms with E-state index in [1.165, 1.54) is 0 Å². The summed E-state index contributed by atoms with van der Waals surface area (Å²) >= 11 is 0. The number of amides is 1. The van der Waals surface area contributed by atoms with E-state index in [1.54, 1.807) is 0 Å². The SMILES string of the molecule is CCCNC1COCC1C(=O)NCc1ccc(C)o1. The summed E-state index contributed by atoms with van der Waals surface area (Å²) in [6.45, 7) is 6.44. The zero-order valence-corrected chi connectivity index (χ0v) is 11.6. The van der Waals surface area contributed by atoms with Gasteiger partial charge in [-0.15, -0.1) is 0 Å². The van der Waals surface area contributed by atoms with E-state index in [2.05, 4.69) is 17.6 Å². The smallest absolute Gasteiger partial charge is 0.227 e. The largest absolute Gasteiger partial charge is 0.465 e. The van der Waals surface area contributed by atoms with Crippen LogP contribution >= 0.6 is 0 Å². The fourth-order valence-corrected chi connectivity index (χ4v) is 2.23. The Balaban J connectivity index is 1.81. The second kappa shape index (κ2) is 6.73. The molecule has 0 bridgehead atoms. The topological polar surface area (TPSA) is 63.5 Å². The second-order valence-electron chi connectivity index (χ2n) is 4.93. The normalized spacial score (nSPS) is 22.6. The molecular formula is C14H22N2O3. The molecule has 0 spiro atoms. The first-order valence-electron chi connectivity index (χ1n) is 6.85. The monoisotopic (exact) mass is 266 g/mol. The van der Waals surface area contributed by atoms with Gasteiger partial charge in [-0.3, -0.25) is 4.79 Å². The van der Waals surface area contributed by atoms with Gasteiger partial charge < -0.3 is 19.8 Å². The predicted octanol–water partition coefficient (Wildman–Crippen LogP) is 1.22. The lowest BCUT2D eigenvalue weighted by Crippen LogP contribution is -2.44. The van der Waals surface area contributed by atoms with Crippen LogP contribution in [0.25, 0.3) is 0 Å². The van der Waals surface area contributed by atoms with E-state index in [0.717, 1.165) is 24.5 Å². The first-order valence-corrected chi connectivity index (χ1v) is 6.85. The van der Waals surface area contributed by atoms with E-state index in [4.69, 9.17) is 9.15 Å². The maximum absolute atomic E-state index is 12.1. The molecule has 1 aliphatic heterocycles. The molecule has 19 heavy (non-hydrogen) atoms. The van der Waals surface area contributed by atoms with E-state index >= 15 is 0 Å². The molecule has 1 aromatic rings. The number of nitrogens with one attached hydrogen (secondary N) is 2. The average molecular weight is 266 g/mol. The van der Waals surface area contributed by atoms with Crippen molar-refractivity contribution in [2.45, 2.75) is 32.9 Å². The number of hydrogen-bond acceptors (Lipinski definition) is 4. The molecule has 106 valence electrons. The zero-order chi connectivity index (χ0) is 13.7. The van der Waals surface area contributed by atoms with Crippen LogP contribution < -0.4 is 10.6 Å². The van der Waals surface area contributed by atoms with Crippen molar-refractivity contribution in [3.05, 3.63) is 23.7 Å². The van der Waals surface area contributed by atoms with Gasteiger partial charge in [-0.05, 0) is 32.0 Å². The second-order valence-corrected chi connectivity index (χ2v) is 4.93. The van der Waals surface area contributed by atoms with Crippen molar-refractivity contribution < 1.29 is 13.9 Å². The lowest BCUT2D eigenvalue weighted by Gasteiger charge is -2.18. The number of rotatable bonds is 6. The highest BCUT2D eigenvalue weighted by molar-refractivity contribution is 5.79. The lowest BCUT2D eigenvalue weighted by molar-refractivity contribution is -0.125. The number of carbonyl (C=O) groups is 1. The summed E-state index contributed by atoms with van der Waals surface area (Å²) in [5, 5.41) is 6.26. The molecule has 2 N–H and O–H groups in total. The van der Waals surface area contributed by atoms with Crippen LogP contribution in [0.2, 0.25) is 0 Å². The third-order valence-corrected chi connectivity index (χ3v) is 3.31. The highest BCUT2D eigenvalue weighted by Crippen LogP contribution is 2.14. The summed E-state index contributed by atoms with van der Waals surface area (Å²) in [7, 11) is 0. The molecular weight excluding hydrogens is 244 g/mol. The van der Waals surface area contributed by atoms with Crippen molar-refractivity contribution in [1.29, 1.82) is 0 Å². The fraction of sp³-hybridized carbons (Fsp3) is 0.643. The van der Waals surface area contributed by atoms with E-state index in [0.29, 0.717) is 19.8 Å². The number of carbonyl (C=O) groups excluding carboxylic acids is 1. The van der Waals surface area contributed by atoms with E-state index in [1.807, 2.05) is 19.1 Å². The minimum atomic E-state index is -0.109. The summed E-state index contributed by atoms with van der Waals surface area (Å²) in [6, 6.07) is 3.90. The molecule has 5 nitrogen and oxygen atoms in total. The van der Waals surface area contributed by atoms with Crippen LogP contribution in [0.3, 0.4) is 0 Å². The highest BCUT2D eigenvalue weighted by Gasteiger charge is 2.33. The van der Waals surface area contributed by atoms with Gasteiger partial charge in [-0.1, -0.05) is 6.92 Å². The van der Waals surface area contributed by atoms with Gasteiger partial charge in [0.25, 0.3) is 0 Å². The first-order chi connectivity index (χ1) is 9.20. The van der Waals surface area contributed by atoms with Gasteiger partial charge in [-0.25, -0.2) is 0 Å². The Labute approximate surface area is 113 Å². The summed E-state index contributed by atoms with van der Waals surface area (Å²) in [4.78, 5) is 12.1. The van der Waals surface area contributed by atoms with Gasteiger partial charge in [0.15, 0.2) is 0 Å². The van der Waals surface area contributed by atoms with Gasteiger partial charge in [-0.2, -0.15) is 0 Å². The van der Waals surface area contributed by atoms with Crippen molar-refractivity contribution in [3.8, 4) is 0 Å². The maximum Gasteiger partial charge on any atom is 0.227 e. The van der Waals surface area contributed by atoms with Gasteiger partial charge >= 0.3 is 0 Å². The van der Waals surface area contributed by atoms with Crippen LogP contribution in [0.1, 0.15) is 24.9 Å². The molecule has 5 heteroatoms. The minimum Gasteiger partial charge on any atom is -0.465 e. The Morgan fingerprint density at radius 3 is 2.95 bits per heavy atom. The van der Waals surface area contributed by atoms with Crippen molar-refractivity contribution in [2.75, 3.05) is 19.8 Å². The molecule has 2 rings (SSSR count).